The van der Waals surface area contributed by atoms with Gasteiger partial charge in [-0.1, -0.05) is 11.6 Å². The van der Waals surface area contributed by atoms with Crippen LogP contribution in [0.4, 0.5) is 5.82 Å². The molecule has 1 saturated heterocycles. The second-order valence-electron chi connectivity index (χ2n) is 7.79. The summed E-state index contributed by atoms with van der Waals surface area (Å²) in [6, 6.07) is 5.51. The molecule has 9 nitrogen and oxygen atoms in total. The van der Waals surface area contributed by atoms with Crippen molar-refractivity contribution in [3.8, 4) is 11.5 Å². The summed E-state index contributed by atoms with van der Waals surface area (Å²) >= 11 is 7.93. The molecule has 1 unspecified atom stereocenters. The van der Waals surface area contributed by atoms with Gasteiger partial charge in [0.05, 0.1) is 10.5 Å². The number of hydrogen-bond donors (Lipinski definition) is 2. The van der Waals surface area contributed by atoms with Gasteiger partial charge in [0.25, 0.3) is 0 Å². The molecule has 0 spiro atoms. The number of carbonyl (C=O) groups excluding carboxylic acids is 1. The van der Waals surface area contributed by atoms with Gasteiger partial charge in [-0.15, -0.1) is 0 Å². The predicted molar refractivity (Wildman–Crippen MR) is 120 cm³/mol. The van der Waals surface area contributed by atoms with Crippen LogP contribution in [0, 0.1) is 5.92 Å². The fourth-order valence-corrected chi connectivity index (χ4v) is 5.35. The van der Waals surface area contributed by atoms with E-state index in [9.17, 15) is 4.79 Å². The minimum Gasteiger partial charge on any atom is -0.454 e. The van der Waals surface area contributed by atoms with Crippen LogP contribution >= 0.6 is 23.4 Å². The Balaban J connectivity index is 1.42. The van der Waals surface area contributed by atoms with Crippen LogP contribution in [0.1, 0.15) is 12.8 Å². The first-order chi connectivity index (χ1) is 15.5. The van der Waals surface area contributed by atoms with Crippen molar-refractivity contribution in [1.82, 2.24) is 19.4 Å². The van der Waals surface area contributed by atoms with E-state index in [2.05, 4.69) is 9.55 Å². The van der Waals surface area contributed by atoms with Crippen molar-refractivity contribution in [2.75, 3.05) is 32.2 Å². The maximum Gasteiger partial charge on any atom is 0.248 e. The number of imidazole rings is 1. The van der Waals surface area contributed by atoms with Crippen LogP contribution in [0.5, 0.6) is 11.5 Å². The number of hydrogen-bond acceptors (Lipinski definition) is 8. The molecule has 1 amide bonds. The molecule has 5 rings (SSSR count). The number of amides is 1. The Morgan fingerprint density at radius 3 is 2.97 bits per heavy atom. The number of halogens is 1. The summed E-state index contributed by atoms with van der Waals surface area (Å²) < 4.78 is 13.0. The number of aliphatic hydroxyl groups excluding tert-OH is 1. The van der Waals surface area contributed by atoms with E-state index in [1.807, 2.05) is 12.1 Å². The summed E-state index contributed by atoms with van der Waals surface area (Å²) in [6.45, 7) is 1.78. The molecule has 4 heterocycles. The van der Waals surface area contributed by atoms with Gasteiger partial charge in [0.1, 0.15) is 12.1 Å². The third-order valence-electron chi connectivity index (χ3n) is 5.82. The Bertz CT molecular complexity index is 1190. The van der Waals surface area contributed by atoms with Gasteiger partial charge in [-0.25, -0.2) is 9.97 Å². The van der Waals surface area contributed by atoms with Crippen molar-refractivity contribution in [3.05, 3.63) is 29.4 Å². The molecular formula is C21H22ClN5O4S. The van der Waals surface area contributed by atoms with Gasteiger partial charge in [0.2, 0.25) is 12.7 Å². The number of anilines is 1. The Hall–Kier alpha value is -2.69. The van der Waals surface area contributed by atoms with E-state index in [1.54, 1.807) is 17.2 Å². The molecule has 3 aromatic rings. The molecule has 1 atom stereocenters. The van der Waals surface area contributed by atoms with Gasteiger partial charge >= 0.3 is 0 Å². The number of ether oxygens (including phenoxy) is 2. The lowest BCUT2D eigenvalue weighted by molar-refractivity contribution is -0.133. The van der Waals surface area contributed by atoms with E-state index < -0.39 is 6.61 Å². The number of aromatic nitrogens is 3. The smallest absolute Gasteiger partial charge is 0.248 e. The molecule has 0 bridgehead atoms. The second kappa shape index (κ2) is 8.68. The highest BCUT2D eigenvalue weighted by atomic mass is 35.5. The molecule has 32 heavy (non-hydrogen) atoms. The van der Waals surface area contributed by atoms with Crippen LogP contribution in [0.15, 0.2) is 34.4 Å². The lowest BCUT2D eigenvalue weighted by Gasteiger charge is -2.16. The predicted octanol–water partition coefficient (Wildman–Crippen LogP) is 2.78. The van der Waals surface area contributed by atoms with Crippen molar-refractivity contribution in [2.45, 2.75) is 29.4 Å². The van der Waals surface area contributed by atoms with Crippen molar-refractivity contribution < 1.29 is 19.4 Å². The molecule has 168 valence electrons. The van der Waals surface area contributed by atoms with E-state index in [0.29, 0.717) is 53.4 Å². The summed E-state index contributed by atoms with van der Waals surface area (Å²) in [5.74, 6) is 1.80. The van der Waals surface area contributed by atoms with Crippen molar-refractivity contribution in [1.29, 1.82) is 0 Å². The lowest BCUT2D eigenvalue weighted by atomic mass is 10.1. The first-order valence-electron chi connectivity index (χ1n) is 10.3. The normalized spacial score (nSPS) is 17.4. The number of benzene rings is 1. The highest BCUT2D eigenvalue weighted by Crippen LogP contribution is 2.43. The van der Waals surface area contributed by atoms with Crippen LogP contribution in [-0.2, 0) is 11.3 Å². The van der Waals surface area contributed by atoms with Crippen molar-refractivity contribution in [3.63, 3.8) is 0 Å². The molecule has 2 aliphatic rings. The third-order valence-corrected chi connectivity index (χ3v) is 7.30. The Morgan fingerprint density at radius 2 is 2.16 bits per heavy atom. The highest BCUT2D eigenvalue weighted by molar-refractivity contribution is 7.99. The molecule has 1 fully saturated rings. The minimum absolute atomic E-state index is 0.178. The van der Waals surface area contributed by atoms with E-state index >= 15 is 0 Å². The maximum atomic E-state index is 11.8. The van der Waals surface area contributed by atoms with Crippen LogP contribution in [-0.4, -0.2) is 56.9 Å². The number of pyridine rings is 1. The molecule has 0 aliphatic carbocycles. The third kappa shape index (κ3) is 3.94. The SMILES string of the molecule is Nc1nccc2c1nc(Sc1cc3c(cc1Cl)OCO3)n2CCC1CCN(C(=O)CO)C1. The number of nitrogen functional groups attached to an aromatic ring is 1. The van der Waals surface area contributed by atoms with Crippen molar-refractivity contribution in [2.24, 2.45) is 5.92 Å². The quantitative estimate of drug-likeness (QED) is 0.559. The summed E-state index contributed by atoms with van der Waals surface area (Å²) in [7, 11) is 0. The van der Waals surface area contributed by atoms with E-state index in [0.717, 1.165) is 28.4 Å². The van der Waals surface area contributed by atoms with Gasteiger partial charge in [-0.2, -0.15) is 0 Å². The van der Waals surface area contributed by atoms with Crippen LogP contribution < -0.4 is 15.2 Å². The van der Waals surface area contributed by atoms with E-state index in [1.165, 1.54) is 11.8 Å². The highest BCUT2D eigenvalue weighted by Gasteiger charge is 2.26. The molecular weight excluding hydrogens is 454 g/mol. The van der Waals surface area contributed by atoms with Gasteiger partial charge < -0.3 is 29.8 Å². The van der Waals surface area contributed by atoms with E-state index in [-0.39, 0.29) is 12.7 Å². The largest absolute Gasteiger partial charge is 0.454 e. The minimum atomic E-state index is -0.442. The number of nitrogens with two attached hydrogens (primary N) is 1. The Morgan fingerprint density at radius 1 is 1.34 bits per heavy atom. The molecule has 0 saturated carbocycles. The monoisotopic (exact) mass is 475 g/mol. The zero-order valence-electron chi connectivity index (χ0n) is 17.2. The van der Waals surface area contributed by atoms with Gasteiger partial charge in [0, 0.05) is 36.8 Å². The number of aliphatic hydroxyl groups is 1. The van der Waals surface area contributed by atoms with Crippen LogP contribution in [0.25, 0.3) is 11.0 Å². The molecule has 3 N–H and O–H groups in total. The fraction of sp³-hybridized carbons (Fsp3) is 0.381. The number of nitrogens with zero attached hydrogens (tertiary/aromatic N) is 4. The fourth-order valence-electron chi connectivity index (χ4n) is 4.13. The number of rotatable bonds is 6. The standard InChI is InChI=1S/C21H22ClN5O4S/c22-13-7-15-16(31-11-30-15)8-17(13)32-21-25-19-14(1-4-24-20(19)23)27(21)6-3-12-2-5-26(9-12)18(29)10-28/h1,4,7-8,12,28H,2-3,5-6,9-11H2,(H2,23,24). The zero-order chi connectivity index (χ0) is 22.2. The number of likely N-dealkylation sites (tertiary alicyclic amines) is 1. The summed E-state index contributed by atoms with van der Waals surface area (Å²) in [5.41, 5.74) is 7.64. The first kappa shape index (κ1) is 21.2. The molecule has 11 heteroatoms. The topological polar surface area (TPSA) is 116 Å². The molecule has 0 radical (unpaired) electrons. The van der Waals surface area contributed by atoms with Gasteiger partial charge in [-0.3, -0.25) is 4.79 Å². The van der Waals surface area contributed by atoms with Crippen LogP contribution in [0.2, 0.25) is 5.02 Å². The first-order valence-corrected chi connectivity index (χ1v) is 11.5. The van der Waals surface area contributed by atoms with Crippen molar-refractivity contribution >= 4 is 46.1 Å². The lowest BCUT2D eigenvalue weighted by Crippen LogP contribution is -2.31. The molecule has 2 aromatic heterocycles. The zero-order valence-corrected chi connectivity index (χ0v) is 18.7. The maximum absolute atomic E-state index is 11.8. The number of aryl methyl sites for hydroxylation is 1. The summed E-state index contributed by atoms with van der Waals surface area (Å²) in [6.07, 6.45) is 3.46. The van der Waals surface area contributed by atoms with E-state index in [4.69, 9.17) is 36.9 Å². The molecule has 2 aliphatic heterocycles. The number of carbonyl (C=O) groups is 1. The second-order valence-corrected chi connectivity index (χ2v) is 9.21. The Labute approximate surface area is 193 Å². The average Bonchev–Trinajstić information content (AvgIpc) is 3.51. The summed E-state index contributed by atoms with van der Waals surface area (Å²) in [5, 5.41) is 10.4. The number of fused-ring (bicyclic) bond motifs is 2. The van der Waals surface area contributed by atoms with Crippen LogP contribution in [0.3, 0.4) is 0 Å². The Kier molecular flexibility index (Phi) is 5.75. The van der Waals surface area contributed by atoms with Gasteiger partial charge in [0.15, 0.2) is 22.5 Å². The average molecular weight is 476 g/mol. The molecule has 1 aromatic carbocycles. The summed E-state index contributed by atoms with van der Waals surface area (Å²) in [4.78, 5) is 23.2. The van der Waals surface area contributed by atoms with Gasteiger partial charge in [-0.05, 0) is 42.7 Å².